The monoisotopic (exact) mass is 384 g/mol. The van der Waals surface area contributed by atoms with Crippen LogP contribution in [0.4, 0.5) is 4.39 Å². The number of hydrogen-bond acceptors (Lipinski definition) is 3. The Kier molecular flexibility index (Phi) is 5.07. The Morgan fingerprint density at radius 2 is 2.25 bits per heavy atom. The second kappa shape index (κ2) is 6.27. The molecule has 1 N–H and O–H groups in total. The van der Waals surface area contributed by atoms with Crippen molar-refractivity contribution in [2.24, 2.45) is 0 Å². The van der Waals surface area contributed by atoms with Crippen LogP contribution in [0.3, 0.4) is 0 Å². The summed E-state index contributed by atoms with van der Waals surface area (Å²) in [7, 11) is -1.96. The smallest absolute Gasteiger partial charge is 0.245 e. The Bertz CT molecular complexity index is 588. The molecular weight excluding hydrogens is 371 g/mol. The van der Waals surface area contributed by atoms with Crippen LogP contribution in [-0.4, -0.2) is 38.9 Å². The van der Waals surface area contributed by atoms with Crippen molar-refractivity contribution in [1.29, 1.82) is 0 Å². The van der Waals surface area contributed by atoms with E-state index in [9.17, 15) is 12.8 Å². The Hall–Kier alpha value is -0.210. The molecule has 0 radical (unpaired) electrons. The molecule has 1 aromatic carbocycles. The molecule has 0 bridgehead atoms. The zero-order valence-corrected chi connectivity index (χ0v) is 14.0. The largest absolute Gasteiger partial charge is 0.318 e. The topological polar surface area (TPSA) is 49.4 Å². The number of nitrogens with zero attached hydrogens (tertiary/aromatic N) is 1. The average molecular weight is 386 g/mol. The molecule has 1 aromatic rings. The number of rotatable bonds is 4. The second-order valence-corrected chi connectivity index (χ2v) is 7.76. The minimum atomic E-state index is -3.74. The zero-order valence-electron chi connectivity index (χ0n) is 10.9. The molecule has 0 spiro atoms. The van der Waals surface area contributed by atoms with Crippen LogP contribution in [0.2, 0.25) is 5.02 Å². The molecule has 4 nitrogen and oxygen atoms in total. The molecule has 0 unspecified atom stereocenters. The van der Waals surface area contributed by atoms with E-state index >= 15 is 0 Å². The Balaban J connectivity index is 2.45. The van der Waals surface area contributed by atoms with Crippen molar-refractivity contribution in [2.75, 3.05) is 20.1 Å². The molecule has 112 valence electrons. The van der Waals surface area contributed by atoms with Crippen LogP contribution in [0.5, 0.6) is 0 Å². The van der Waals surface area contributed by atoms with Crippen molar-refractivity contribution in [2.45, 2.75) is 23.8 Å². The third-order valence-electron chi connectivity index (χ3n) is 3.29. The van der Waals surface area contributed by atoms with Crippen LogP contribution in [0.25, 0.3) is 0 Å². The van der Waals surface area contributed by atoms with Crippen LogP contribution >= 0.6 is 27.5 Å². The minimum Gasteiger partial charge on any atom is -0.318 e. The highest BCUT2D eigenvalue weighted by molar-refractivity contribution is 9.10. The van der Waals surface area contributed by atoms with Crippen LogP contribution < -0.4 is 5.32 Å². The molecule has 0 saturated carbocycles. The first-order chi connectivity index (χ1) is 9.37. The van der Waals surface area contributed by atoms with E-state index in [0.717, 1.165) is 25.0 Å². The van der Waals surface area contributed by atoms with Gasteiger partial charge in [-0.05, 0) is 48.0 Å². The average Bonchev–Trinajstić information content (AvgIpc) is 2.76. The Morgan fingerprint density at radius 1 is 1.55 bits per heavy atom. The molecule has 1 atom stereocenters. The molecule has 1 saturated heterocycles. The van der Waals surface area contributed by atoms with Gasteiger partial charge in [-0.3, -0.25) is 0 Å². The first-order valence-electron chi connectivity index (χ1n) is 6.19. The number of sulfonamides is 1. The minimum absolute atomic E-state index is 0.0661. The standard InChI is InChI=1S/C12H15BrClFN2O2S/c1-16-7-9-3-2-4-17(9)20(18,19)12-10(13)5-8(15)6-11(12)14/h5-6,9,16H,2-4,7H2,1H3/t9-/m0/s1. The maximum absolute atomic E-state index is 13.2. The lowest BCUT2D eigenvalue weighted by Crippen LogP contribution is -2.41. The molecule has 0 amide bonds. The maximum Gasteiger partial charge on any atom is 0.245 e. The van der Waals surface area contributed by atoms with E-state index in [-0.39, 0.29) is 20.4 Å². The molecule has 2 rings (SSSR count). The molecule has 0 aromatic heterocycles. The van der Waals surface area contributed by atoms with Crippen LogP contribution in [0.1, 0.15) is 12.8 Å². The predicted octanol–water partition coefficient (Wildman–Crippen LogP) is 2.61. The van der Waals surface area contributed by atoms with Gasteiger partial charge < -0.3 is 5.32 Å². The van der Waals surface area contributed by atoms with Gasteiger partial charge in [0.1, 0.15) is 10.7 Å². The fourth-order valence-corrected chi connectivity index (χ4v) is 5.90. The summed E-state index contributed by atoms with van der Waals surface area (Å²) in [5.41, 5.74) is 0. The first kappa shape index (κ1) is 16.2. The highest BCUT2D eigenvalue weighted by atomic mass is 79.9. The van der Waals surface area contributed by atoms with Gasteiger partial charge in [-0.2, -0.15) is 4.31 Å². The number of likely N-dealkylation sites (N-methyl/N-ethyl adjacent to an activating group) is 1. The van der Waals surface area contributed by atoms with Crippen molar-refractivity contribution < 1.29 is 12.8 Å². The van der Waals surface area contributed by atoms with Gasteiger partial charge in [0, 0.05) is 23.6 Å². The van der Waals surface area contributed by atoms with Gasteiger partial charge in [-0.15, -0.1) is 0 Å². The Morgan fingerprint density at radius 3 is 2.85 bits per heavy atom. The van der Waals surface area contributed by atoms with Crippen molar-refractivity contribution in [3.8, 4) is 0 Å². The lowest BCUT2D eigenvalue weighted by Gasteiger charge is -2.24. The third-order valence-corrected chi connectivity index (χ3v) is 6.64. The van der Waals surface area contributed by atoms with Gasteiger partial charge in [0.05, 0.1) is 5.02 Å². The van der Waals surface area contributed by atoms with Gasteiger partial charge in [-0.1, -0.05) is 11.6 Å². The van der Waals surface area contributed by atoms with Gasteiger partial charge in [-0.25, -0.2) is 12.8 Å². The predicted molar refractivity (Wildman–Crippen MR) is 80.0 cm³/mol. The molecule has 1 aliphatic rings. The maximum atomic E-state index is 13.2. The van der Waals surface area contributed by atoms with Crippen LogP contribution in [0.15, 0.2) is 21.5 Å². The van der Waals surface area contributed by atoms with E-state index in [1.807, 2.05) is 0 Å². The zero-order chi connectivity index (χ0) is 14.9. The number of benzene rings is 1. The van der Waals surface area contributed by atoms with E-state index in [0.29, 0.717) is 13.1 Å². The summed E-state index contributed by atoms with van der Waals surface area (Å²) >= 11 is 9.02. The van der Waals surface area contributed by atoms with E-state index in [1.165, 1.54) is 4.31 Å². The quantitative estimate of drug-likeness (QED) is 0.867. The van der Waals surface area contributed by atoms with Gasteiger partial charge >= 0.3 is 0 Å². The lowest BCUT2D eigenvalue weighted by molar-refractivity contribution is 0.379. The summed E-state index contributed by atoms with van der Waals surface area (Å²) < 4.78 is 40.3. The molecule has 1 fully saturated rings. The van der Waals surface area contributed by atoms with E-state index in [4.69, 9.17) is 11.6 Å². The van der Waals surface area contributed by atoms with E-state index in [2.05, 4.69) is 21.2 Å². The van der Waals surface area contributed by atoms with Crippen LogP contribution in [-0.2, 0) is 10.0 Å². The first-order valence-corrected chi connectivity index (χ1v) is 8.80. The molecule has 8 heteroatoms. The highest BCUT2D eigenvalue weighted by Crippen LogP contribution is 2.35. The van der Waals surface area contributed by atoms with Crippen LogP contribution in [0, 0.1) is 5.82 Å². The SMILES string of the molecule is CNC[C@@H]1CCCN1S(=O)(=O)c1c(Cl)cc(F)cc1Br. The van der Waals surface area contributed by atoms with E-state index in [1.54, 1.807) is 7.05 Å². The molecular formula is C12H15BrClFN2O2S. The summed E-state index contributed by atoms with van der Waals surface area (Å²) in [4.78, 5) is -0.0661. The second-order valence-electron chi connectivity index (χ2n) is 4.67. The fourth-order valence-electron chi connectivity index (χ4n) is 2.46. The number of hydrogen-bond donors (Lipinski definition) is 1. The van der Waals surface area contributed by atoms with Crippen molar-refractivity contribution >= 4 is 37.6 Å². The van der Waals surface area contributed by atoms with Crippen molar-refractivity contribution in [1.82, 2.24) is 9.62 Å². The van der Waals surface area contributed by atoms with Gasteiger partial charge in [0.25, 0.3) is 0 Å². The van der Waals surface area contributed by atoms with Gasteiger partial charge in [0.2, 0.25) is 10.0 Å². The molecule has 1 heterocycles. The third kappa shape index (κ3) is 3.01. The van der Waals surface area contributed by atoms with Gasteiger partial charge in [0.15, 0.2) is 0 Å². The molecule has 0 aliphatic carbocycles. The summed E-state index contributed by atoms with van der Waals surface area (Å²) in [6.07, 6.45) is 1.61. The fraction of sp³-hybridized carbons (Fsp3) is 0.500. The highest BCUT2D eigenvalue weighted by Gasteiger charge is 2.37. The lowest BCUT2D eigenvalue weighted by atomic mass is 10.2. The number of nitrogens with one attached hydrogen (secondary N) is 1. The summed E-state index contributed by atoms with van der Waals surface area (Å²) in [6, 6.07) is 2.03. The summed E-state index contributed by atoms with van der Waals surface area (Å²) in [5.74, 6) is -0.575. The normalized spacial score (nSPS) is 20.5. The summed E-state index contributed by atoms with van der Waals surface area (Å²) in [6.45, 7) is 1.03. The molecule has 20 heavy (non-hydrogen) atoms. The number of halogens is 3. The Labute approximate surface area is 131 Å². The van der Waals surface area contributed by atoms with Crippen molar-refractivity contribution in [3.63, 3.8) is 0 Å². The summed E-state index contributed by atoms with van der Waals surface area (Å²) in [5, 5.41) is 2.89. The molecule has 1 aliphatic heterocycles. The van der Waals surface area contributed by atoms with Crippen molar-refractivity contribution in [3.05, 3.63) is 27.4 Å². The van der Waals surface area contributed by atoms with E-state index < -0.39 is 15.8 Å².